The van der Waals surface area contributed by atoms with Gasteiger partial charge in [0.1, 0.15) is 11.5 Å². The second kappa shape index (κ2) is 11.9. The standard InChI is InChI=1S/C25H31N3O8/c1-35-24-17(11-27-25(28-24)36-2)15-3-4-19(31)23-16(15)8-13(9-21(23)33)7-14(5-6-29)18(12-30)20(32)10-22(26)34/h3-4,11,13-14,18,29-31H,5-10,12H2,1-2H3,(H2,26,34). The summed E-state index contributed by atoms with van der Waals surface area (Å²) in [5.41, 5.74) is 7.09. The van der Waals surface area contributed by atoms with Crippen molar-refractivity contribution < 1.29 is 39.2 Å². The molecule has 1 aliphatic rings. The molecular weight excluding hydrogens is 470 g/mol. The number of hydrogen-bond acceptors (Lipinski definition) is 10. The fraction of sp³-hybridized carbons (Fsp3) is 0.480. The number of methoxy groups -OCH3 is 2. The Kier molecular flexibility index (Phi) is 8.94. The van der Waals surface area contributed by atoms with Crippen LogP contribution in [0.4, 0.5) is 0 Å². The molecule has 0 saturated heterocycles. The van der Waals surface area contributed by atoms with Gasteiger partial charge >= 0.3 is 6.01 Å². The zero-order chi connectivity index (χ0) is 26.4. The van der Waals surface area contributed by atoms with Crippen molar-refractivity contribution in [1.29, 1.82) is 0 Å². The van der Waals surface area contributed by atoms with Crippen molar-refractivity contribution in [2.45, 2.75) is 32.1 Å². The number of aliphatic hydroxyl groups excluding tert-OH is 2. The summed E-state index contributed by atoms with van der Waals surface area (Å²) < 4.78 is 10.5. The number of aliphatic hydroxyl groups is 2. The number of phenolic OH excluding ortho intramolecular Hbond substituents is 1. The van der Waals surface area contributed by atoms with Crippen LogP contribution in [0.15, 0.2) is 18.3 Å². The number of ether oxygens (including phenoxy) is 2. The number of carbonyl (C=O) groups excluding carboxylic acids is 3. The number of fused-ring (bicyclic) bond motifs is 1. The number of Topliss-reactive ketones (excluding diaryl/α,β-unsaturated/α-hetero) is 2. The molecule has 1 aromatic carbocycles. The minimum atomic E-state index is -0.889. The molecule has 5 N–H and O–H groups in total. The van der Waals surface area contributed by atoms with Crippen LogP contribution in [-0.2, 0) is 16.0 Å². The van der Waals surface area contributed by atoms with Crippen LogP contribution >= 0.6 is 0 Å². The van der Waals surface area contributed by atoms with Gasteiger partial charge in [0, 0.05) is 25.1 Å². The molecule has 0 bridgehead atoms. The van der Waals surface area contributed by atoms with E-state index < -0.39 is 36.6 Å². The Morgan fingerprint density at radius 1 is 1.17 bits per heavy atom. The molecule has 1 amide bonds. The van der Waals surface area contributed by atoms with Crippen LogP contribution in [0.25, 0.3) is 11.1 Å². The Morgan fingerprint density at radius 3 is 2.53 bits per heavy atom. The topological polar surface area (TPSA) is 182 Å². The van der Waals surface area contributed by atoms with Crippen molar-refractivity contribution in [3.63, 3.8) is 0 Å². The summed E-state index contributed by atoms with van der Waals surface area (Å²) in [5, 5.41) is 30.0. The Morgan fingerprint density at radius 2 is 1.92 bits per heavy atom. The first-order valence-corrected chi connectivity index (χ1v) is 11.6. The quantitative estimate of drug-likeness (QED) is 0.307. The number of ketones is 2. The Labute approximate surface area is 208 Å². The zero-order valence-corrected chi connectivity index (χ0v) is 20.3. The predicted molar refractivity (Wildman–Crippen MR) is 128 cm³/mol. The van der Waals surface area contributed by atoms with Crippen LogP contribution in [0.5, 0.6) is 17.6 Å². The Bertz CT molecular complexity index is 1140. The maximum absolute atomic E-state index is 13.1. The minimum Gasteiger partial charge on any atom is -0.507 e. The van der Waals surface area contributed by atoms with Crippen LogP contribution in [0, 0.1) is 17.8 Å². The molecule has 0 aliphatic heterocycles. The molecule has 3 unspecified atom stereocenters. The average molecular weight is 502 g/mol. The van der Waals surface area contributed by atoms with Gasteiger partial charge in [0.2, 0.25) is 11.8 Å². The number of rotatable bonds is 12. The molecule has 0 fully saturated rings. The van der Waals surface area contributed by atoms with Gasteiger partial charge in [-0.2, -0.15) is 4.98 Å². The van der Waals surface area contributed by atoms with E-state index >= 15 is 0 Å². The summed E-state index contributed by atoms with van der Waals surface area (Å²) in [6.07, 6.45) is 2.06. The number of primary amides is 1. The van der Waals surface area contributed by atoms with Crippen LogP contribution in [0.3, 0.4) is 0 Å². The van der Waals surface area contributed by atoms with Gasteiger partial charge < -0.3 is 30.5 Å². The molecule has 1 aromatic heterocycles. The van der Waals surface area contributed by atoms with Gasteiger partial charge in [0.25, 0.3) is 0 Å². The number of hydrogen-bond donors (Lipinski definition) is 4. The number of phenols is 1. The van der Waals surface area contributed by atoms with Gasteiger partial charge in [0.05, 0.1) is 38.4 Å². The number of nitrogens with zero attached hydrogens (tertiary/aromatic N) is 2. The SMILES string of the molecule is COc1ncc(-c2ccc(O)c3c2CC(CC(CCO)C(CO)C(=O)CC(N)=O)CC3=O)c(OC)n1. The van der Waals surface area contributed by atoms with Crippen molar-refractivity contribution in [3.05, 3.63) is 29.5 Å². The second-order valence-electron chi connectivity index (χ2n) is 8.87. The van der Waals surface area contributed by atoms with Gasteiger partial charge in [-0.3, -0.25) is 14.4 Å². The van der Waals surface area contributed by atoms with E-state index in [1.165, 1.54) is 26.5 Å². The normalized spacial score (nSPS) is 16.7. The second-order valence-corrected chi connectivity index (χ2v) is 8.87. The zero-order valence-electron chi connectivity index (χ0n) is 20.3. The van der Waals surface area contributed by atoms with E-state index in [0.717, 1.165) is 0 Å². The van der Waals surface area contributed by atoms with Crippen molar-refractivity contribution in [2.24, 2.45) is 23.5 Å². The van der Waals surface area contributed by atoms with E-state index in [2.05, 4.69) is 9.97 Å². The number of aromatic nitrogens is 2. The van der Waals surface area contributed by atoms with E-state index in [1.54, 1.807) is 6.07 Å². The molecule has 2 aromatic rings. The smallest absolute Gasteiger partial charge is 0.319 e. The molecule has 194 valence electrons. The third-order valence-corrected chi connectivity index (χ3v) is 6.60. The predicted octanol–water partition coefficient (Wildman–Crippen LogP) is 1.05. The van der Waals surface area contributed by atoms with Gasteiger partial charge in [0.15, 0.2) is 5.78 Å². The Balaban J connectivity index is 1.98. The number of aromatic hydroxyl groups is 1. The molecule has 11 nitrogen and oxygen atoms in total. The third-order valence-electron chi connectivity index (χ3n) is 6.60. The number of nitrogens with two attached hydrogens (primary N) is 1. The minimum absolute atomic E-state index is 0.111. The average Bonchev–Trinajstić information content (AvgIpc) is 2.84. The summed E-state index contributed by atoms with van der Waals surface area (Å²) in [6.45, 7) is -0.727. The molecule has 0 radical (unpaired) electrons. The molecule has 0 saturated carbocycles. The van der Waals surface area contributed by atoms with Crippen molar-refractivity contribution in [1.82, 2.24) is 9.97 Å². The molecule has 3 atom stereocenters. The maximum Gasteiger partial charge on any atom is 0.319 e. The molecule has 1 aliphatic carbocycles. The van der Waals surface area contributed by atoms with Crippen molar-refractivity contribution in [3.8, 4) is 28.8 Å². The lowest BCUT2D eigenvalue weighted by molar-refractivity contribution is -0.131. The molecule has 0 spiro atoms. The van der Waals surface area contributed by atoms with E-state index in [1.807, 2.05) is 0 Å². The lowest BCUT2D eigenvalue weighted by Gasteiger charge is -2.31. The highest BCUT2D eigenvalue weighted by molar-refractivity contribution is 6.03. The van der Waals surface area contributed by atoms with E-state index in [0.29, 0.717) is 29.5 Å². The largest absolute Gasteiger partial charge is 0.507 e. The first-order valence-electron chi connectivity index (χ1n) is 11.6. The van der Waals surface area contributed by atoms with Gasteiger partial charge in [-0.15, -0.1) is 0 Å². The Hall–Kier alpha value is -3.57. The summed E-state index contributed by atoms with van der Waals surface area (Å²) in [7, 11) is 2.88. The van der Waals surface area contributed by atoms with Gasteiger partial charge in [-0.05, 0) is 48.3 Å². The number of amides is 1. The van der Waals surface area contributed by atoms with E-state index in [9.17, 15) is 29.7 Å². The molecule has 3 rings (SSSR count). The monoisotopic (exact) mass is 501 g/mol. The molecule has 36 heavy (non-hydrogen) atoms. The van der Waals surface area contributed by atoms with E-state index in [4.69, 9.17) is 15.2 Å². The van der Waals surface area contributed by atoms with Crippen molar-refractivity contribution in [2.75, 3.05) is 27.4 Å². The summed E-state index contributed by atoms with van der Waals surface area (Å²) in [4.78, 5) is 45.3. The lowest BCUT2D eigenvalue weighted by Crippen LogP contribution is -2.33. The molecule has 11 heteroatoms. The number of benzene rings is 1. The highest BCUT2D eigenvalue weighted by Gasteiger charge is 2.35. The summed E-state index contributed by atoms with van der Waals surface area (Å²) in [5.74, 6) is -3.06. The third kappa shape index (κ3) is 5.80. The molecular formula is C25H31N3O8. The fourth-order valence-electron chi connectivity index (χ4n) is 4.99. The maximum atomic E-state index is 13.1. The molecule has 1 heterocycles. The summed E-state index contributed by atoms with van der Waals surface area (Å²) in [6, 6.07) is 3.21. The number of carbonyl (C=O) groups is 3. The van der Waals surface area contributed by atoms with Crippen LogP contribution in [0.1, 0.15) is 41.6 Å². The van der Waals surface area contributed by atoms with Crippen LogP contribution in [0.2, 0.25) is 0 Å². The first-order chi connectivity index (χ1) is 17.2. The first kappa shape index (κ1) is 27.0. The highest BCUT2D eigenvalue weighted by Crippen LogP contribution is 2.42. The summed E-state index contributed by atoms with van der Waals surface area (Å²) >= 11 is 0. The van der Waals surface area contributed by atoms with Crippen molar-refractivity contribution >= 4 is 17.5 Å². The van der Waals surface area contributed by atoms with E-state index in [-0.39, 0.29) is 54.4 Å². The fourth-order valence-corrected chi connectivity index (χ4v) is 4.99. The van der Waals surface area contributed by atoms with Gasteiger partial charge in [-0.1, -0.05) is 6.07 Å². The van der Waals surface area contributed by atoms with Gasteiger partial charge in [-0.25, -0.2) is 4.98 Å². The van der Waals surface area contributed by atoms with Crippen LogP contribution in [-0.4, -0.2) is 70.2 Å². The highest BCUT2D eigenvalue weighted by atomic mass is 16.5. The lowest BCUT2D eigenvalue weighted by atomic mass is 9.72. The van der Waals surface area contributed by atoms with Crippen LogP contribution < -0.4 is 15.2 Å².